The topological polar surface area (TPSA) is 56.8 Å². The third-order valence-electron chi connectivity index (χ3n) is 12.6. The summed E-state index contributed by atoms with van der Waals surface area (Å²) in [5.74, 6) is 2.11. The van der Waals surface area contributed by atoms with Gasteiger partial charge in [-0.15, -0.1) is 0 Å². The number of nitrogens with one attached hydrogen (secondary N) is 1. The van der Waals surface area contributed by atoms with Gasteiger partial charge in [-0.1, -0.05) is 33.8 Å². The Morgan fingerprint density at radius 2 is 1.78 bits per heavy atom. The van der Waals surface area contributed by atoms with Crippen molar-refractivity contribution in [3.8, 4) is 5.75 Å². The monoisotopic (exact) mass is 569 g/mol. The van der Waals surface area contributed by atoms with Gasteiger partial charge in [0.25, 0.3) is 0 Å². The van der Waals surface area contributed by atoms with E-state index in [1.54, 1.807) is 6.07 Å². The van der Waals surface area contributed by atoms with Crippen LogP contribution in [-0.2, 0) is 14.3 Å². The van der Waals surface area contributed by atoms with E-state index in [4.69, 9.17) is 14.2 Å². The molecule has 228 valence electrons. The Morgan fingerprint density at radius 1 is 1.00 bits per heavy atom. The number of carbonyl (C=O) groups is 1. The van der Waals surface area contributed by atoms with Crippen LogP contribution in [0.1, 0.15) is 116 Å². The summed E-state index contributed by atoms with van der Waals surface area (Å²) < 4.78 is 33.7. The lowest BCUT2D eigenvalue weighted by atomic mass is 9.45. The molecule has 0 radical (unpaired) electrons. The smallest absolute Gasteiger partial charge is 0.168 e. The van der Waals surface area contributed by atoms with Gasteiger partial charge in [-0.3, -0.25) is 4.79 Å². The van der Waals surface area contributed by atoms with E-state index in [1.807, 2.05) is 12.1 Å². The fourth-order valence-corrected chi connectivity index (χ4v) is 10.1. The summed E-state index contributed by atoms with van der Waals surface area (Å²) in [6.45, 7) is 10.8. The number of hydrogen-bond acceptors (Lipinski definition) is 5. The van der Waals surface area contributed by atoms with Gasteiger partial charge in [0, 0.05) is 31.3 Å². The summed E-state index contributed by atoms with van der Waals surface area (Å²) in [5, 5.41) is 3.74. The van der Waals surface area contributed by atoms with E-state index in [2.05, 4.69) is 33.0 Å². The van der Waals surface area contributed by atoms with Crippen LogP contribution in [0.25, 0.3) is 0 Å². The van der Waals surface area contributed by atoms with E-state index < -0.39 is 5.41 Å². The number of carbonyl (C=O) groups excluding carboxylic acids is 1. The number of ether oxygens (including phenoxy) is 3. The van der Waals surface area contributed by atoms with Crippen molar-refractivity contribution in [1.82, 2.24) is 5.32 Å². The van der Waals surface area contributed by atoms with Crippen molar-refractivity contribution in [2.75, 3.05) is 19.8 Å². The Morgan fingerprint density at radius 3 is 2.51 bits per heavy atom. The molecule has 1 aromatic carbocycles. The van der Waals surface area contributed by atoms with Gasteiger partial charge < -0.3 is 19.5 Å². The lowest BCUT2D eigenvalue weighted by Crippen LogP contribution is -2.57. The molecule has 6 heteroatoms. The van der Waals surface area contributed by atoms with Crippen molar-refractivity contribution in [2.24, 2.45) is 34.5 Å². The number of benzene rings is 1. The Bertz CT molecular complexity index is 1100. The molecule has 4 aliphatic carbocycles. The molecule has 1 aromatic rings. The molecule has 5 nitrogen and oxygen atoms in total. The predicted molar refractivity (Wildman–Crippen MR) is 158 cm³/mol. The molecule has 0 bridgehead atoms. The second-order valence-electron chi connectivity index (χ2n) is 14.2. The summed E-state index contributed by atoms with van der Waals surface area (Å²) in [6, 6.07) is 5.90. The van der Waals surface area contributed by atoms with Crippen molar-refractivity contribution in [3.05, 3.63) is 29.6 Å². The first-order valence-corrected chi connectivity index (χ1v) is 16.8. The summed E-state index contributed by atoms with van der Waals surface area (Å²) in [6.07, 6.45) is 12.1. The van der Waals surface area contributed by atoms with Crippen LogP contribution in [0.2, 0.25) is 0 Å². The van der Waals surface area contributed by atoms with E-state index in [0.717, 1.165) is 76.6 Å². The number of ketones is 1. The van der Waals surface area contributed by atoms with Gasteiger partial charge in [0.05, 0.1) is 18.6 Å². The Hall–Kier alpha value is -1.50. The molecule has 7 atom stereocenters. The quantitative estimate of drug-likeness (QED) is 0.329. The van der Waals surface area contributed by atoms with E-state index in [1.165, 1.54) is 12.8 Å². The molecular formula is C35H52FNO4. The van der Waals surface area contributed by atoms with Crippen LogP contribution >= 0.6 is 0 Å². The first-order valence-electron chi connectivity index (χ1n) is 16.8. The largest absolute Gasteiger partial charge is 0.489 e. The molecule has 5 unspecified atom stereocenters. The van der Waals surface area contributed by atoms with Gasteiger partial charge in [0.15, 0.2) is 17.4 Å². The molecule has 1 aliphatic heterocycles. The SMILES string of the molecule is CCC(CC)NC(CC)c1ccc(F)c(OC[C@]23CCC4C(CCC5CC6(CC[C@@]54C)OCCO6)C2CCC3=O)c1. The second-order valence-corrected chi connectivity index (χ2v) is 14.2. The van der Waals surface area contributed by atoms with Crippen LogP contribution in [0, 0.1) is 40.3 Å². The fourth-order valence-electron chi connectivity index (χ4n) is 10.1. The zero-order valence-corrected chi connectivity index (χ0v) is 25.8. The van der Waals surface area contributed by atoms with Gasteiger partial charge in [0.1, 0.15) is 12.4 Å². The first kappa shape index (κ1) is 29.6. The predicted octanol–water partition coefficient (Wildman–Crippen LogP) is 7.77. The molecule has 0 aromatic heterocycles. The Labute approximate surface area is 246 Å². The van der Waals surface area contributed by atoms with Gasteiger partial charge in [-0.05, 0) is 105 Å². The minimum absolute atomic E-state index is 0.155. The molecule has 4 saturated carbocycles. The molecule has 1 heterocycles. The number of hydrogen-bond donors (Lipinski definition) is 1. The zero-order chi connectivity index (χ0) is 28.8. The first-order chi connectivity index (χ1) is 19.8. The number of Topliss-reactive ketones (excluding diaryl/α,β-unsaturated/α-hetero) is 1. The normalized spacial score (nSPS) is 36.7. The van der Waals surface area contributed by atoms with Crippen LogP contribution in [0.5, 0.6) is 5.75 Å². The highest BCUT2D eigenvalue weighted by Crippen LogP contribution is 2.66. The number of fused-ring (bicyclic) bond motifs is 5. The molecule has 1 saturated heterocycles. The minimum Gasteiger partial charge on any atom is -0.489 e. The summed E-state index contributed by atoms with van der Waals surface area (Å²) in [4.78, 5) is 13.6. The van der Waals surface area contributed by atoms with Crippen molar-refractivity contribution in [3.63, 3.8) is 0 Å². The van der Waals surface area contributed by atoms with Crippen molar-refractivity contribution < 1.29 is 23.4 Å². The van der Waals surface area contributed by atoms with Gasteiger partial charge in [-0.2, -0.15) is 0 Å². The molecule has 1 spiro atoms. The summed E-state index contributed by atoms with van der Waals surface area (Å²) in [7, 11) is 0. The lowest BCUT2D eigenvalue weighted by Gasteiger charge is -2.61. The van der Waals surface area contributed by atoms with Crippen molar-refractivity contribution >= 4 is 5.78 Å². The summed E-state index contributed by atoms with van der Waals surface area (Å²) in [5.41, 5.74) is 0.862. The Balaban J connectivity index is 1.18. The minimum atomic E-state index is -0.474. The molecule has 6 rings (SSSR count). The molecule has 41 heavy (non-hydrogen) atoms. The van der Waals surface area contributed by atoms with Gasteiger partial charge in [-0.25, -0.2) is 4.39 Å². The zero-order valence-electron chi connectivity index (χ0n) is 25.8. The van der Waals surface area contributed by atoms with Crippen molar-refractivity contribution in [2.45, 2.75) is 123 Å². The second kappa shape index (κ2) is 11.5. The maximum Gasteiger partial charge on any atom is 0.168 e. The Kier molecular flexibility index (Phi) is 8.32. The fraction of sp³-hybridized carbons (Fsp3) is 0.800. The van der Waals surface area contributed by atoms with E-state index >= 15 is 4.39 Å². The van der Waals surface area contributed by atoms with E-state index in [0.29, 0.717) is 54.3 Å². The summed E-state index contributed by atoms with van der Waals surface area (Å²) >= 11 is 0. The van der Waals surface area contributed by atoms with Crippen LogP contribution < -0.4 is 10.1 Å². The van der Waals surface area contributed by atoms with Crippen LogP contribution in [0.3, 0.4) is 0 Å². The maximum atomic E-state index is 15.1. The van der Waals surface area contributed by atoms with Gasteiger partial charge >= 0.3 is 0 Å². The van der Waals surface area contributed by atoms with Crippen LogP contribution in [-0.4, -0.2) is 37.4 Å². The van der Waals surface area contributed by atoms with Gasteiger partial charge in [0.2, 0.25) is 0 Å². The molecule has 0 amide bonds. The average molecular weight is 570 g/mol. The molecule has 1 N–H and O–H groups in total. The number of rotatable bonds is 9. The highest BCUT2D eigenvalue weighted by Gasteiger charge is 2.63. The molecule has 5 aliphatic rings. The van der Waals surface area contributed by atoms with Crippen LogP contribution in [0.15, 0.2) is 18.2 Å². The van der Waals surface area contributed by atoms with E-state index in [-0.39, 0.29) is 23.1 Å². The standard InChI is InChI=1S/C35H52FNO4/c1-5-25(6-2)37-30(7-3)23-8-12-29(36)31(20-23)39-22-34-15-14-27-26(28(34)11-13-32(34)38)10-9-24-21-35(40-18-19-41-35)17-16-33(24,27)4/h8,12,20,24-28,30,37H,5-7,9-11,13-19,21-22H2,1-4H3/t24?,26?,27?,28?,30?,33-,34+/m0/s1. The average Bonchev–Trinajstić information content (AvgIpc) is 3.58. The third-order valence-corrected chi connectivity index (χ3v) is 12.6. The van der Waals surface area contributed by atoms with Crippen molar-refractivity contribution in [1.29, 1.82) is 0 Å². The lowest BCUT2D eigenvalue weighted by molar-refractivity contribution is -0.229. The molecule has 5 fully saturated rings. The molecular weight excluding hydrogens is 517 g/mol. The maximum absolute atomic E-state index is 15.1. The number of halogens is 1. The third kappa shape index (κ3) is 5.08. The highest BCUT2D eigenvalue weighted by atomic mass is 19.1. The van der Waals surface area contributed by atoms with E-state index in [9.17, 15) is 4.79 Å². The highest BCUT2D eigenvalue weighted by molar-refractivity contribution is 5.87. The van der Waals surface area contributed by atoms with Crippen LogP contribution in [0.4, 0.5) is 4.39 Å².